The second-order valence-electron chi connectivity index (χ2n) is 6.39. The van der Waals surface area contributed by atoms with Crippen LogP contribution in [0.25, 0.3) is 0 Å². The smallest absolute Gasteiger partial charge is 0.242 e. The van der Waals surface area contributed by atoms with Crippen molar-refractivity contribution in [3.63, 3.8) is 0 Å². The first-order valence-corrected chi connectivity index (χ1v) is 8.69. The molecule has 0 saturated carbocycles. The van der Waals surface area contributed by atoms with Gasteiger partial charge in [-0.05, 0) is 56.0 Å². The molecule has 5 nitrogen and oxygen atoms in total. The molecule has 2 atom stereocenters. The second kappa shape index (κ2) is 7.68. The van der Waals surface area contributed by atoms with Crippen molar-refractivity contribution in [2.75, 3.05) is 11.9 Å². The Morgan fingerprint density at radius 1 is 1.12 bits per heavy atom. The molecule has 132 valence electrons. The van der Waals surface area contributed by atoms with Crippen LogP contribution in [-0.2, 0) is 4.79 Å². The highest BCUT2D eigenvalue weighted by Gasteiger charge is 2.30. The number of rotatable bonds is 5. The molecule has 1 fully saturated rings. The quantitative estimate of drug-likeness (QED) is 0.782. The van der Waals surface area contributed by atoms with Crippen LogP contribution in [0.1, 0.15) is 36.1 Å². The summed E-state index contributed by atoms with van der Waals surface area (Å²) < 4.78 is 5.47. The zero-order chi connectivity index (χ0) is 17.8. The van der Waals surface area contributed by atoms with E-state index in [9.17, 15) is 4.79 Å². The molecule has 0 aliphatic carbocycles. The maximum absolute atomic E-state index is 12.6. The number of para-hydroxylation sites is 1. The van der Waals surface area contributed by atoms with Crippen molar-refractivity contribution in [1.82, 2.24) is 10.9 Å². The monoisotopic (exact) mass is 339 g/mol. The van der Waals surface area contributed by atoms with Gasteiger partial charge in [0.2, 0.25) is 5.91 Å². The van der Waals surface area contributed by atoms with E-state index in [4.69, 9.17) is 4.74 Å². The molecule has 2 aromatic carbocycles. The van der Waals surface area contributed by atoms with Gasteiger partial charge in [-0.15, -0.1) is 0 Å². The summed E-state index contributed by atoms with van der Waals surface area (Å²) in [5, 5.41) is 3.06. The summed E-state index contributed by atoms with van der Waals surface area (Å²) in [6, 6.07) is 13.8. The molecule has 1 heterocycles. The Balaban J connectivity index is 1.63. The molecule has 0 spiro atoms. The van der Waals surface area contributed by atoms with Crippen LogP contribution in [0.5, 0.6) is 5.75 Å². The molecule has 0 bridgehead atoms. The average molecular weight is 339 g/mol. The van der Waals surface area contributed by atoms with Crippen molar-refractivity contribution in [2.24, 2.45) is 0 Å². The molecule has 2 aromatic rings. The summed E-state index contributed by atoms with van der Waals surface area (Å²) in [5.74, 6) is 0.847. The van der Waals surface area contributed by atoms with E-state index in [0.717, 1.165) is 28.1 Å². The fourth-order valence-corrected chi connectivity index (χ4v) is 3.13. The molecule has 5 heteroatoms. The third kappa shape index (κ3) is 4.00. The number of benzene rings is 2. The maximum Gasteiger partial charge on any atom is 0.242 e. The van der Waals surface area contributed by atoms with Crippen LogP contribution in [0.4, 0.5) is 5.69 Å². The lowest BCUT2D eigenvalue weighted by molar-refractivity contribution is -0.117. The minimum atomic E-state index is -0.268. The summed E-state index contributed by atoms with van der Waals surface area (Å²) in [4.78, 5) is 12.6. The Morgan fingerprint density at radius 2 is 1.80 bits per heavy atom. The van der Waals surface area contributed by atoms with E-state index in [1.54, 1.807) is 0 Å². The van der Waals surface area contributed by atoms with Gasteiger partial charge in [-0.3, -0.25) is 4.79 Å². The normalized spacial score (nSPS) is 19.6. The number of nitrogens with one attached hydrogen (secondary N) is 3. The SMILES string of the molecule is CCOc1ccc(C2CC(C(=O)Nc3c(C)cccc3C)NN2)cc1. The number of anilines is 1. The van der Waals surface area contributed by atoms with Gasteiger partial charge >= 0.3 is 0 Å². The molecule has 0 aromatic heterocycles. The van der Waals surface area contributed by atoms with Gasteiger partial charge in [0.1, 0.15) is 11.8 Å². The first kappa shape index (κ1) is 17.5. The summed E-state index contributed by atoms with van der Waals surface area (Å²) in [6.07, 6.45) is 0.699. The van der Waals surface area contributed by atoms with E-state index >= 15 is 0 Å². The zero-order valence-corrected chi connectivity index (χ0v) is 14.9. The van der Waals surface area contributed by atoms with Crippen molar-refractivity contribution < 1.29 is 9.53 Å². The van der Waals surface area contributed by atoms with Gasteiger partial charge in [-0.25, -0.2) is 10.9 Å². The van der Waals surface area contributed by atoms with Crippen LogP contribution >= 0.6 is 0 Å². The highest BCUT2D eigenvalue weighted by Crippen LogP contribution is 2.26. The lowest BCUT2D eigenvalue weighted by Crippen LogP contribution is -2.39. The molecule has 1 aliphatic heterocycles. The summed E-state index contributed by atoms with van der Waals surface area (Å²) in [6.45, 7) is 6.64. The summed E-state index contributed by atoms with van der Waals surface area (Å²) in [5.41, 5.74) is 10.5. The van der Waals surface area contributed by atoms with Crippen molar-refractivity contribution in [1.29, 1.82) is 0 Å². The van der Waals surface area contributed by atoms with Crippen molar-refractivity contribution in [3.05, 3.63) is 59.2 Å². The Hall–Kier alpha value is -2.37. The molecule has 1 saturated heterocycles. The lowest BCUT2D eigenvalue weighted by Gasteiger charge is -2.14. The number of hydrogen-bond donors (Lipinski definition) is 3. The minimum Gasteiger partial charge on any atom is -0.494 e. The van der Waals surface area contributed by atoms with Crippen molar-refractivity contribution >= 4 is 11.6 Å². The number of hydrazine groups is 1. The number of aryl methyl sites for hydroxylation is 2. The van der Waals surface area contributed by atoms with Crippen LogP contribution in [0.15, 0.2) is 42.5 Å². The predicted molar refractivity (Wildman–Crippen MR) is 99.6 cm³/mol. The lowest BCUT2D eigenvalue weighted by atomic mass is 10.0. The molecule has 1 aliphatic rings. The van der Waals surface area contributed by atoms with Crippen molar-refractivity contribution in [2.45, 2.75) is 39.3 Å². The van der Waals surface area contributed by atoms with E-state index in [1.165, 1.54) is 0 Å². The number of ether oxygens (including phenoxy) is 1. The van der Waals surface area contributed by atoms with Gasteiger partial charge in [0, 0.05) is 11.7 Å². The largest absolute Gasteiger partial charge is 0.494 e. The first-order chi connectivity index (χ1) is 12.1. The Kier molecular flexibility index (Phi) is 5.36. The maximum atomic E-state index is 12.6. The molecule has 3 N–H and O–H groups in total. The number of carbonyl (C=O) groups excluding carboxylic acids is 1. The fraction of sp³-hybridized carbons (Fsp3) is 0.350. The summed E-state index contributed by atoms with van der Waals surface area (Å²) >= 11 is 0. The first-order valence-electron chi connectivity index (χ1n) is 8.69. The van der Waals surface area contributed by atoms with Gasteiger partial charge in [-0.2, -0.15) is 0 Å². The topological polar surface area (TPSA) is 62.4 Å². The van der Waals surface area contributed by atoms with E-state index in [2.05, 4.69) is 16.2 Å². The van der Waals surface area contributed by atoms with E-state index in [0.29, 0.717) is 13.0 Å². The molecular weight excluding hydrogens is 314 g/mol. The number of carbonyl (C=O) groups is 1. The van der Waals surface area contributed by atoms with Crippen LogP contribution in [0.2, 0.25) is 0 Å². The molecule has 2 unspecified atom stereocenters. The van der Waals surface area contributed by atoms with Gasteiger partial charge in [-0.1, -0.05) is 30.3 Å². The van der Waals surface area contributed by atoms with Crippen molar-refractivity contribution in [3.8, 4) is 5.75 Å². The minimum absolute atomic E-state index is 0.0154. The van der Waals surface area contributed by atoms with Gasteiger partial charge in [0.25, 0.3) is 0 Å². The Morgan fingerprint density at radius 3 is 2.44 bits per heavy atom. The summed E-state index contributed by atoms with van der Waals surface area (Å²) in [7, 11) is 0. The molecular formula is C20H25N3O2. The average Bonchev–Trinajstić information content (AvgIpc) is 3.09. The fourth-order valence-electron chi connectivity index (χ4n) is 3.13. The van der Waals surface area contributed by atoms with Crippen LogP contribution < -0.4 is 20.9 Å². The second-order valence-corrected chi connectivity index (χ2v) is 6.39. The standard InChI is InChI=1S/C20H25N3O2/c1-4-25-16-10-8-15(9-11-16)17-12-18(23-22-17)20(24)21-19-13(2)6-5-7-14(19)3/h5-11,17-18,22-23H,4,12H2,1-3H3,(H,21,24). The predicted octanol–water partition coefficient (Wildman–Crippen LogP) is 3.25. The van der Waals surface area contributed by atoms with Gasteiger partial charge < -0.3 is 10.1 Å². The van der Waals surface area contributed by atoms with Crippen LogP contribution in [0, 0.1) is 13.8 Å². The van der Waals surface area contributed by atoms with Crippen LogP contribution in [-0.4, -0.2) is 18.6 Å². The number of amides is 1. The Bertz CT molecular complexity index is 723. The van der Waals surface area contributed by atoms with Crippen LogP contribution in [0.3, 0.4) is 0 Å². The third-order valence-corrected chi connectivity index (χ3v) is 4.54. The highest BCUT2D eigenvalue weighted by molar-refractivity contribution is 5.96. The molecule has 1 amide bonds. The van der Waals surface area contributed by atoms with E-state index in [1.807, 2.05) is 63.2 Å². The number of hydrogen-bond acceptors (Lipinski definition) is 4. The molecule has 25 heavy (non-hydrogen) atoms. The van der Waals surface area contributed by atoms with Gasteiger partial charge in [0.15, 0.2) is 0 Å². The zero-order valence-electron chi connectivity index (χ0n) is 14.9. The van der Waals surface area contributed by atoms with E-state index in [-0.39, 0.29) is 18.0 Å². The highest BCUT2D eigenvalue weighted by atomic mass is 16.5. The Labute approximate surface area is 148 Å². The molecule has 0 radical (unpaired) electrons. The molecule has 3 rings (SSSR count). The van der Waals surface area contributed by atoms with Gasteiger partial charge in [0.05, 0.1) is 6.61 Å². The third-order valence-electron chi connectivity index (χ3n) is 4.54. The van der Waals surface area contributed by atoms with E-state index < -0.39 is 0 Å².